The first-order chi connectivity index (χ1) is 9.49. The van der Waals surface area contributed by atoms with Crippen molar-refractivity contribution in [3.8, 4) is 0 Å². The molecule has 4 N–H and O–H groups in total. The Morgan fingerprint density at radius 1 is 1.50 bits per heavy atom. The molecule has 0 aliphatic carbocycles. The summed E-state index contributed by atoms with van der Waals surface area (Å²) in [6.07, 6.45) is -1.79. The molecular weight excluding hydrogens is 326 g/mol. The zero-order valence-electron chi connectivity index (χ0n) is 10.9. The molecule has 0 fully saturated rings. The Morgan fingerprint density at radius 3 is 2.95 bits per heavy atom. The fraction of sp³-hybridized carbons (Fsp3) is 0.385. The van der Waals surface area contributed by atoms with Gasteiger partial charge < -0.3 is 15.5 Å². The Balaban J connectivity index is 2.10. The lowest BCUT2D eigenvalue weighted by Gasteiger charge is -2.17. The highest BCUT2D eigenvalue weighted by molar-refractivity contribution is 9.10. The topological polar surface area (TPSA) is 98.2 Å². The zero-order chi connectivity index (χ0) is 14.7. The molecule has 2 rings (SSSR count). The monoisotopic (exact) mass is 341 g/mol. The summed E-state index contributed by atoms with van der Waals surface area (Å²) in [7, 11) is 0. The van der Waals surface area contributed by atoms with Crippen molar-refractivity contribution in [3.05, 3.63) is 28.4 Å². The van der Waals surface area contributed by atoms with E-state index in [0.29, 0.717) is 17.8 Å². The Morgan fingerprint density at radius 2 is 2.25 bits per heavy atom. The number of nitrogens with one attached hydrogen (secondary N) is 2. The van der Waals surface area contributed by atoms with Gasteiger partial charge in [0.2, 0.25) is 5.91 Å². The molecule has 0 spiro atoms. The van der Waals surface area contributed by atoms with Crippen molar-refractivity contribution < 1.29 is 15.0 Å². The average molecular weight is 342 g/mol. The number of aliphatic hydroxyl groups is 2. The number of aromatic amines is 1. The molecule has 7 heteroatoms. The molecule has 0 aliphatic heterocycles. The molecule has 1 heterocycles. The predicted octanol–water partition coefficient (Wildman–Crippen LogP) is 1.25. The van der Waals surface area contributed by atoms with Crippen LogP contribution in [-0.4, -0.2) is 39.0 Å². The molecule has 0 saturated carbocycles. The molecule has 108 valence electrons. The van der Waals surface area contributed by atoms with Gasteiger partial charge in [-0.05, 0) is 24.6 Å². The number of hydrogen-bond donors (Lipinski definition) is 4. The minimum absolute atomic E-state index is 0.163. The van der Waals surface area contributed by atoms with Gasteiger partial charge in [-0.15, -0.1) is 0 Å². The molecule has 6 nitrogen and oxygen atoms in total. The van der Waals surface area contributed by atoms with E-state index in [4.69, 9.17) is 0 Å². The van der Waals surface area contributed by atoms with Gasteiger partial charge in [-0.1, -0.05) is 15.9 Å². The standard InChI is InChI=1S/C13H16BrN3O3/c1-7(18)15-5-4-11(19)13(20)12-9-3-2-8(14)6-10(9)16-17-12/h2-3,6,11,13,19-20H,4-5H2,1H3,(H,15,18)(H,16,17). The van der Waals surface area contributed by atoms with E-state index in [-0.39, 0.29) is 12.3 Å². The number of H-pyrrole nitrogens is 1. The van der Waals surface area contributed by atoms with E-state index in [9.17, 15) is 15.0 Å². The molecule has 1 aromatic heterocycles. The highest BCUT2D eigenvalue weighted by Gasteiger charge is 2.22. The van der Waals surface area contributed by atoms with Crippen molar-refractivity contribution in [2.75, 3.05) is 6.54 Å². The van der Waals surface area contributed by atoms with Crippen LogP contribution in [0.3, 0.4) is 0 Å². The maximum atomic E-state index is 10.8. The molecule has 2 atom stereocenters. The SMILES string of the molecule is CC(=O)NCCC(O)C(O)c1[nH]nc2cc(Br)ccc12. The summed E-state index contributed by atoms with van der Waals surface area (Å²) in [6, 6.07) is 5.49. The third kappa shape index (κ3) is 3.36. The normalized spacial score (nSPS) is 14.2. The van der Waals surface area contributed by atoms with Gasteiger partial charge in [0.1, 0.15) is 6.10 Å². The quantitative estimate of drug-likeness (QED) is 0.657. The van der Waals surface area contributed by atoms with Crippen molar-refractivity contribution in [2.45, 2.75) is 25.6 Å². The van der Waals surface area contributed by atoms with Crippen LogP contribution in [0.25, 0.3) is 10.9 Å². The van der Waals surface area contributed by atoms with Crippen molar-refractivity contribution in [2.24, 2.45) is 0 Å². The minimum atomic E-state index is -1.07. The number of nitrogens with zero attached hydrogens (tertiary/aromatic N) is 1. The largest absolute Gasteiger partial charge is 0.390 e. The highest BCUT2D eigenvalue weighted by atomic mass is 79.9. The fourth-order valence-corrected chi connectivity index (χ4v) is 2.33. The third-order valence-corrected chi connectivity index (χ3v) is 3.51. The second kappa shape index (κ2) is 6.34. The Labute approximate surface area is 124 Å². The van der Waals surface area contributed by atoms with Crippen LogP contribution in [0.2, 0.25) is 0 Å². The number of carbonyl (C=O) groups excluding carboxylic acids is 1. The summed E-state index contributed by atoms with van der Waals surface area (Å²) in [5.41, 5.74) is 1.19. The average Bonchev–Trinajstić information content (AvgIpc) is 2.80. The van der Waals surface area contributed by atoms with Crippen molar-refractivity contribution in [3.63, 3.8) is 0 Å². The highest BCUT2D eigenvalue weighted by Crippen LogP contribution is 2.27. The van der Waals surface area contributed by atoms with Gasteiger partial charge in [0, 0.05) is 23.3 Å². The number of rotatable bonds is 5. The van der Waals surface area contributed by atoms with Crippen LogP contribution < -0.4 is 5.32 Å². The molecule has 0 aliphatic rings. The lowest BCUT2D eigenvalue weighted by atomic mass is 10.0. The maximum Gasteiger partial charge on any atom is 0.216 e. The first kappa shape index (κ1) is 15.0. The van der Waals surface area contributed by atoms with Crippen LogP contribution in [0.4, 0.5) is 0 Å². The molecule has 2 aromatic rings. The van der Waals surface area contributed by atoms with E-state index in [1.54, 1.807) is 0 Å². The van der Waals surface area contributed by atoms with E-state index in [2.05, 4.69) is 31.4 Å². The first-order valence-electron chi connectivity index (χ1n) is 6.23. The summed E-state index contributed by atoms with van der Waals surface area (Å²) in [4.78, 5) is 10.8. The van der Waals surface area contributed by atoms with Crippen LogP contribution in [0.5, 0.6) is 0 Å². The maximum absolute atomic E-state index is 10.8. The molecule has 0 radical (unpaired) electrons. The summed E-state index contributed by atoms with van der Waals surface area (Å²) in [5, 5.41) is 30.3. The Bertz CT molecular complexity index is 614. The molecular formula is C13H16BrN3O3. The number of amides is 1. The predicted molar refractivity (Wildman–Crippen MR) is 78.1 cm³/mol. The van der Waals surface area contributed by atoms with Gasteiger partial charge in [-0.2, -0.15) is 5.10 Å². The molecule has 0 bridgehead atoms. The summed E-state index contributed by atoms with van der Waals surface area (Å²) in [6.45, 7) is 1.72. The third-order valence-electron chi connectivity index (χ3n) is 3.02. The number of halogens is 1. The number of aliphatic hydroxyl groups excluding tert-OH is 2. The van der Waals surface area contributed by atoms with E-state index < -0.39 is 12.2 Å². The summed E-state index contributed by atoms with van der Waals surface area (Å²) < 4.78 is 0.892. The van der Waals surface area contributed by atoms with Crippen molar-refractivity contribution >= 4 is 32.7 Å². The van der Waals surface area contributed by atoms with Crippen molar-refractivity contribution in [1.82, 2.24) is 15.5 Å². The Hall–Kier alpha value is -1.44. The Kier molecular flexibility index (Phi) is 4.74. The molecule has 20 heavy (non-hydrogen) atoms. The molecule has 1 aromatic carbocycles. The van der Waals surface area contributed by atoms with Crippen LogP contribution in [0.1, 0.15) is 25.1 Å². The number of carbonyl (C=O) groups is 1. The molecule has 0 saturated heterocycles. The lowest BCUT2D eigenvalue weighted by molar-refractivity contribution is -0.119. The van der Waals surface area contributed by atoms with Gasteiger partial charge in [0.15, 0.2) is 0 Å². The number of fused-ring (bicyclic) bond motifs is 1. The fourth-order valence-electron chi connectivity index (χ4n) is 1.98. The van der Waals surface area contributed by atoms with E-state index >= 15 is 0 Å². The van der Waals surface area contributed by atoms with E-state index in [1.165, 1.54) is 6.92 Å². The van der Waals surface area contributed by atoms with Crippen LogP contribution in [-0.2, 0) is 4.79 Å². The second-order valence-electron chi connectivity index (χ2n) is 4.58. The van der Waals surface area contributed by atoms with Gasteiger partial charge >= 0.3 is 0 Å². The summed E-state index contributed by atoms with van der Waals surface area (Å²) >= 11 is 3.35. The number of aromatic nitrogens is 2. The molecule has 2 unspecified atom stereocenters. The van der Waals surface area contributed by atoms with Crippen LogP contribution in [0.15, 0.2) is 22.7 Å². The van der Waals surface area contributed by atoms with Gasteiger partial charge in [0.25, 0.3) is 0 Å². The van der Waals surface area contributed by atoms with Crippen LogP contribution in [0, 0.1) is 0 Å². The van der Waals surface area contributed by atoms with Crippen molar-refractivity contribution in [1.29, 1.82) is 0 Å². The second-order valence-corrected chi connectivity index (χ2v) is 5.50. The van der Waals surface area contributed by atoms with E-state index in [1.807, 2.05) is 18.2 Å². The first-order valence-corrected chi connectivity index (χ1v) is 7.02. The van der Waals surface area contributed by atoms with Gasteiger partial charge in [0.05, 0.1) is 17.3 Å². The van der Waals surface area contributed by atoms with E-state index in [0.717, 1.165) is 9.86 Å². The van der Waals surface area contributed by atoms with Crippen LogP contribution >= 0.6 is 15.9 Å². The smallest absolute Gasteiger partial charge is 0.216 e. The lowest BCUT2D eigenvalue weighted by Crippen LogP contribution is -2.27. The molecule has 1 amide bonds. The zero-order valence-corrected chi connectivity index (χ0v) is 12.5. The number of hydrogen-bond acceptors (Lipinski definition) is 4. The summed E-state index contributed by atoms with van der Waals surface area (Å²) in [5.74, 6) is -0.163. The minimum Gasteiger partial charge on any atom is -0.390 e. The number of benzene rings is 1. The van der Waals surface area contributed by atoms with Gasteiger partial charge in [-0.3, -0.25) is 9.89 Å². The van der Waals surface area contributed by atoms with Gasteiger partial charge in [-0.25, -0.2) is 0 Å².